The molecule has 156 valence electrons. The molecule has 1 aliphatic carbocycles. The molecule has 1 aromatic heterocycles. The number of ether oxygens (including phenoxy) is 1. The van der Waals surface area contributed by atoms with E-state index in [-0.39, 0.29) is 24.1 Å². The SMILES string of the molecule is Cc1cc(NC(=O)N[C@H]2CC[C@H](Oc3ccc(C(F)(F)F)cn3)CC2)ccc1Cl. The lowest BCUT2D eigenvalue weighted by Gasteiger charge is -2.29. The Morgan fingerprint density at radius 1 is 1.17 bits per heavy atom. The fraction of sp³-hybridized carbons (Fsp3) is 0.400. The zero-order valence-corrected chi connectivity index (χ0v) is 16.5. The van der Waals surface area contributed by atoms with Crippen LogP contribution >= 0.6 is 11.6 Å². The highest BCUT2D eigenvalue weighted by Crippen LogP contribution is 2.30. The summed E-state index contributed by atoms with van der Waals surface area (Å²) < 4.78 is 43.4. The van der Waals surface area contributed by atoms with Crippen LogP contribution in [-0.2, 0) is 6.18 Å². The van der Waals surface area contributed by atoms with Gasteiger partial charge in [0.2, 0.25) is 5.88 Å². The molecular formula is C20H21ClF3N3O2. The van der Waals surface area contributed by atoms with Crippen LogP contribution < -0.4 is 15.4 Å². The van der Waals surface area contributed by atoms with Crippen LogP contribution in [0.15, 0.2) is 36.5 Å². The molecule has 1 aliphatic rings. The molecule has 29 heavy (non-hydrogen) atoms. The summed E-state index contributed by atoms with van der Waals surface area (Å²) in [7, 11) is 0. The number of pyridine rings is 1. The number of alkyl halides is 3. The second-order valence-electron chi connectivity index (χ2n) is 7.04. The van der Waals surface area contributed by atoms with Gasteiger partial charge in [-0.1, -0.05) is 11.6 Å². The van der Waals surface area contributed by atoms with Crippen molar-refractivity contribution >= 4 is 23.3 Å². The summed E-state index contributed by atoms with van der Waals surface area (Å²) in [6.45, 7) is 1.86. The number of nitrogens with one attached hydrogen (secondary N) is 2. The molecule has 5 nitrogen and oxygen atoms in total. The Hall–Kier alpha value is -2.48. The minimum atomic E-state index is -4.42. The molecule has 1 aromatic carbocycles. The summed E-state index contributed by atoms with van der Waals surface area (Å²) >= 11 is 5.98. The topological polar surface area (TPSA) is 63.2 Å². The van der Waals surface area contributed by atoms with Gasteiger partial charge in [-0.2, -0.15) is 13.2 Å². The van der Waals surface area contributed by atoms with Crippen LogP contribution in [0.3, 0.4) is 0 Å². The summed E-state index contributed by atoms with van der Waals surface area (Å²) in [5, 5.41) is 6.35. The van der Waals surface area contributed by atoms with Gasteiger partial charge >= 0.3 is 12.2 Å². The maximum atomic E-state index is 12.6. The zero-order valence-electron chi connectivity index (χ0n) is 15.7. The van der Waals surface area contributed by atoms with Crippen molar-refractivity contribution < 1.29 is 22.7 Å². The summed E-state index contributed by atoms with van der Waals surface area (Å²) in [5.74, 6) is 0.172. The van der Waals surface area contributed by atoms with Gasteiger partial charge in [-0.25, -0.2) is 9.78 Å². The monoisotopic (exact) mass is 427 g/mol. The molecule has 0 saturated heterocycles. The number of amides is 2. The third-order valence-corrected chi connectivity index (χ3v) is 5.20. The molecule has 9 heteroatoms. The number of rotatable bonds is 4. The van der Waals surface area contributed by atoms with E-state index >= 15 is 0 Å². The fourth-order valence-corrected chi connectivity index (χ4v) is 3.31. The number of aryl methyl sites for hydroxylation is 1. The van der Waals surface area contributed by atoms with Crippen LogP contribution in [-0.4, -0.2) is 23.2 Å². The van der Waals surface area contributed by atoms with E-state index in [0.717, 1.165) is 17.8 Å². The average Bonchev–Trinajstić information content (AvgIpc) is 2.66. The summed E-state index contributed by atoms with van der Waals surface area (Å²) in [5.41, 5.74) is 0.730. The molecule has 0 aliphatic heterocycles. The second-order valence-corrected chi connectivity index (χ2v) is 7.44. The van der Waals surface area contributed by atoms with Crippen molar-refractivity contribution in [2.45, 2.75) is 50.9 Å². The standard InChI is InChI=1S/C20H21ClF3N3O2/c1-12-10-15(5-8-17(12)21)27-19(28)26-14-3-6-16(7-4-14)29-18-9-2-13(11-25-18)20(22,23)24/h2,5,8-11,14,16H,3-4,6-7H2,1H3,(H2,26,27,28)/t14-,16-. The number of urea groups is 1. The molecular weight excluding hydrogens is 407 g/mol. The number of hydrogen-bond donors (Lipinski definition) is 2. The van der Waals surface area contributed by atoms with Crippen LogP contribution in [0.1, 0.15) is 36.8 Å². The van der Waals surface area contributed by atoms with E-state index in [1.54, 1.807) is 18.2 Å². The normalized spacial score (nSPS) is 19.5. The zero-order chi connectivity index (χ0) is 21.0. The van der Waals surface area contributed by atoms with Crippen molar-refractivity contribution in [3.8, 4) is 5.88 Å². The van der Waals surface area contributed by atoms with Gasteiger partial charge in [0, 0.05) is 29.0 Å². The van der Waals surface area contributed by atoms with Crippen molar-refractivity contribution in [2.24, 2.45) is 0 Å². The van der Waals surface area contributed by atoms with Crippen molar-refractivity contribution in [2.75, 3.05) is 5.32 Å². The fourth-order valence-electron chi connectivity index (χ4n) is 3.19. The molecule has 0 bridgehead atoms. The number of halogens is 4. The van der Waals surface area contributed by atoms with E-state index in [1.807, 2.05) is 6.92 Å². The predicted molar refractivity (Wildman–Crippen MR) is 104 cm³/mol. The van der Waals surface area contributed by atoms with Gasteiger partial charge in [0.05, 0.1) is 5.56 Å². The smallest absolute Gasteiger partial charge is 0.417 e. The first-order valence-electron chi connectivity index (χ1n) is 9.24. The lowest BCUT2D eigenvalue weighted by atomic mass is 9.93. The summed E-state index contributed by atoms with van der Waals surface area (Å²) in [6.07, 6.45) is -1.02. The Kier molecular flexibility index (Phi) is 6.52. The molecule has 2 amide bonds. The Morgan fingerprint density at radius 2 is 1.90 bits per heavy atom. The number of nitrogens with zero attached hydrogens (tertiary/aromatic N) is 1. The second kappa shape index (κ2) is 8.90. The molecule has 1 fully saturated rings. The summed E-state index contributed by atoms with van der Waals surface area (Å²) in [6, 6.07) is 7.15. The first-order chi connectivity index (χ1) is 13.7. The van der Waals surface area contributed by atoms with E-state index < -0.39 is 11.7 Å². The first-order valence-corrected chi connectivity index (χ1v) is 9.62. The van der Waals surface area contributed by atoms with Crippen LogP contribution in [0.2, 0.25) is 5.02 Å². The van der Waals surface area contributed by atoms with Crippen LogP contribution in [0, 0.1) is 6.92 Å². The van der Waals surface area contributed by atoms with E-state index in [2.05, 4.69) is 15.6 Å². The highest BCUT2D eigenvalue weighted by atomic mass is 35.5. The number of carbonyl (C=O) groups is 1. The van der Waals surface area contributed by atoms with Gasteiger partial charge in [0.1, 0.15) is 6.10 Å². The van der Waals surface area contributed by atoms with Crippen LogP contribution in [0.4, 0.5) is 23.7 Å². The molecule has 1 heterocycles. The van der Waals surface area contributed by atoms with E-state index in [9.17, 15) is 18.0 Å². The largest absolute Gasteiger partial charge is 0.474 e. The van der Waals surface area contributed by atoms with Gasteiger partial charge in [0.15, 0.2) is 0 Å². The number of carbonyl (C=O) groups excluding carboxylic acids is 1. The van der Waals surface area contributed by atoms with Crippen molar-refractivity contribution in [1.82, 2.24) is 10.3 Å². The Bertz CT molecular complexity index is 851. The molecule has 0 atom stereocenters. The molecule has 0 unspecified atom stereocenters. The van der Waals surface area contributed by atoms with Crippen molar-refractivity contribution in [1.29, 1.82) is 0 Å². The van der Waals surface area contributed by atoms with Gasteiger partial charge < -0.3 is 15.4 Å². The quantitative estimate of drug-likeness (QED) is 0.670. The first kappa shape index (κ1) is 21.2. The molecule has 2 aromatic rings. The maximum absolute atomic E-state index is 12.6. The van der Waals surface area contributed by atoms with E-state index in [1.165, 1.54) is 6.07 Å². The maximum Gasteiger partial charge on any atom is 0.417 e. The molecule has 0 spiro atoms. The van der Waals surface area contributed by atoms with Crippen LogP contribution in [0.25, 0.3) is 0 Å². The van der Waals surface area contributed by atoms with E-state index in [4.69, 9.17) is 16.3 Å². The Balaban J connectivity index is 1.44. The average molecular weight is 428 g/mol. The highest BCUT2D eigenvalue weighted by Gasteiger charge is 2.31. The highest BCUT2D eigenvalue weighted by molar-refractivity contribution is 6.31. The minimum Gasteiger partial charge on any atom is -0.474 e. The molecule has 3 rings (SSSR count). The lowest BCUT2D eigenvalue weighted by Crippen LogP contribution is -2.41. The predicted octanol–water partition coefficient (Wildman–Crippen LogP) is 5.57. The Labute approximate surface area is 171 Å². The Morgan fingerprint density at radius 3 is 2.48 bits per heavy atom. The number of anilines is 1. The van der Waals surface area contributed by atoms with Crippen molar-refractivity contribution in [3.05, 3.63) is 52.7 Å². The van der Waals surface area contributed by atoms with Gasteiger partial charge in [0.25, 0.3) is 0 Å². The number of hydrogen-bond acceptors (Lipinski definition) is 3. The van der Waals surface area contributed by atoms with Gasteiger partial charge in [-0.05, 0) is 62.4 Å². The number of benzene rings is 1. The molecule has 2 N–H and O–H groups in total. The van der Waals surface area contributed by atoms with Crippen molar-refractivity contribution in [3.63, 3.8) is 0 Å². The molecule has 0 radical (unpaired) electrons. The van der Waals surface area contributed by atoms with Crippen LogP contribution in [0.5, 0.6) is 5.88 Å². The third-order valence-electron chi connectivity index (χ3n) is 4.78. The molecule has 1 saturated carbocycles. The van der Waals surface area contributed by atoms with Gasteiger partial charge in [-0.15, -0.1) is 0 Å². The summed E-state index contributed by atoms with van der Waals surface area (Å²) in [4.78, 5) is 15.9. The van der Waals surface area contributed by atoms with E-state index in [0.29, 0.717) is 36.4 Å². The third kappa shape index (κ3) is 6.00. The lowest BCUT2D eigenvalue weighted by molar-refractivity contribution is -0.137. The minimum absolute atomic E-state index is 0.00353. The number of aromatic nitrogens is 1. The van der Waals surface area contributed by atoms with Gasteiger partial charge in [-0.3, -0.25) is 0 Å².